The van der Waals surface area contributed by atoms with E-state index >= 15 is 0 Å². The number of primary amides is 1. The van der Waals surface area contributed by atoms with Crippen LogP contribution in [0.3, 0.4) is 0 Å². The van der Waals surface area contributed by atoms with Crippen molar-refractivity contribution < 1.29 is 33.4 Å². The number of methoxy groups -OCH3 is 1. The highest BCUT2D eigenvalue weighted by atomic mass is 32.1. The van der Waals surface area contributed by atoms with Crippen LogP contribution in [0.4, 0.5) is 5.00 Å². The topological polar surface area (TPSA) is 134 Å². The van der Waals surface area contributed by atoms with Crippen LogP contribution < -0.4 is 11.1 Å². The average Bonchev–Trinajstić information content (AvgIpc) is 3.07. The third-order valence-corrected chi connectivity index (χ3v) is 5.13. The van der Waals surface area contributed by atoms with Gasteiger partial charge in [0.15, 0.2) is 6.61 Å². The second kappa shape index (κ2) is 11.6. The Hall–Kier alpha value is -3.50. The maximum absolute atomic E-state index is 12.4. The van der Waals surface area contributed by atoms with Crippen molar-refractivity contribution in [2.75, 3.05) is 32.2 Å². The van der Waals surface area contributed by atoms with E-state index in [1.54, 1.807) is 18.2 Å². The molecule has 0 bridgehead atoms. The fourth-order valence-corrected chi connectivity index (χ4v) is 3.51. The minimum absolute atomic E-state index is 0.00469. The van der Waals surface area contributed by atoms with Crippen molar-refractivity contribution in [3.8, 4) is 0 Å². The van der Waals surface area contributed by atoms with E-state index in [-0.39, 0.29) is 34.2 Å². The van der Waals surface area contributed by atoms with Gasteiger partial charge in [0.2, 0.25) is 0 Å². The Balaban J connectivity index is 2.03. The van der Waals surface area contributed by atoms with E-state index in [9.17, 15) is 19.2 Å². The van der Waals surface area contributed by atoms with Crippen molar-refractivity contribution in [3.05, 3.63) is 58.0 Å². The number of carbonyl (C=O) groups is 4. The molecule has 0 saturated carbocycles. The zero-order valence-electron chi connectivity index (χ0n) is 17.0. The lowest BCUT2D eigenvalue weighted by Crippen LogP contribution is -2.21. The predicted octanol–water partition coefficient (Wildman–Crippen LogP) is 2.15. The van der Waals surface area contributed by atoms with Gasteiger partial charge in [-0.3, -0.25) is 9.59 Å². The number of hydrogen-bond acceptors (Lipinski definition) is 8. The zero-order valence-corrected chi connectivity index (χ0v) is 17.8. The van der Waals surface area contributed by atoms with Gasteiger partial charge in [0.25, 0.3) is 11.8 Å². The van der Waals surface area contributed by atoms with Crippen molar-refractivity contribution in [2.24, 2.45) is 5.73 Å². The number of rotatable bonds is 10. The molecule has 2 aromatic rings. The van der Waals surface area contributed by atoms with Gasteiger partial charge in [-0.25, -0.2) is 9.59 Å². The molecular weight excluding hydrogens is 424 g/mol. The number of anilines is 1. The summed E-state index contributed by atoms with van der Waals surface area (Å²) in [4.78, 5) is 48.2. The van der Waals surface area contributed by atoms with Crippen LogP contribution in [0.2, 0.25) is 0 Å². The first-order valence-electron chi connectivity index (χ1n) is 9.12. The van der Waals surface area contributed by atoms with Gasteiger partial charge in [-0.2, -0.15) is 0 Å². The minimum Gasteiger partial charge on any atom is -0.460 e. The molecule has 9 nitrogen and oxygen atoms in total. The molecule has 2 amide bonds. The molecule has 0 aliphatic rings. The first-order valence-corrected chi connectivity index (χ1v) is 9.94. The molecule has 10 heteroatoms. The normalized spacial score (nSPS) is 10.6. The Bertz CT molecular complexity index is 983. The largest absolute Gasteiger partial charge is 0.460 e. The van der Waals surface area contributed by atoms with Gasteiger partial charge in [-0.05, 0) is 24.1 Å². The van der Waals surface area contributed by atoms with E-state index in [0.717, 1.165) is 16.9 Å². The fourth-order valence-electron chi connectivity index (χ4n) is 2.45. The third kappa shape index (κ3) is 7.05. The maximum atomic E-state index is 12.4. The summed E-state index contributed by atoms with van der Waals surface area (Å²) in [5.74, 6) is -2.88. The number of hydrogen-bond donors (Lipinski definition) is 2. The molecule has 0 unspecified atom stereocenters. The van der Waals surface area contributed by atoms with Gasteiger partial charge in [0.1, 0.15) is 11.6 Å². The Morgan fingerprint density at radius 2 is 1.81 bits per heavy atom. The van der Waals surface area contributed by atoms with Crippen LogP contribution >= 0.6 is 11.3 Å². The SMILES string of the molecule is COCCOC(=O)c1c(NC(=O)COC(=O)/C=C/c2ccccc2)sc(C(N)=O)c1C. The molecule has 0 radical (unpaired) electrons. The van der Waals surface area contributed by atoms with Crippen LogP contribution in [0.25, 0.3) is 6.08 Å². The number of carbonyl (C=O) groups excluding carboxylic acids is 4. The second-order valence-corrected chi connectivity index (χ2v) is 7.17. The number of benzene rings is 1. The number of amides is 2. The first-order chi connectivity index (χ1) is 14.8. The van der Waals surface area contributed by atoms with Crippen molar-refractivity contribution in [2.45, 2.75) is 6.92 Å². The molecule has 0 spiro atoms. The van der Waals surface area contributed by atoms with Crippen LogP contribution in [0, 0.1) is 6.92 Å². The lowest BCUT2D eigenvalue weighted by atomic mass is 10.1. The average molecular weight is 446 g/mol. The Labute approximate surface area is 182 Å². The first kappa shape index (κ1) is 23.8. The van der Waals surface area contributed by atoms with Crippen LogP contribution in [-0.2, 0) is 23.8 Å². The van der Waals surface area contributed by atoms with Gasteiger partial charge < -0.3 is 25.3 Å². The van der Waals surface area contributed by atoms with Crippen LogP contribution in [0.15, 0.2) is 36.4 Å². The summed E-state index contributed by atoms with van der Waals surface area (Å²) in [5, 5.41) is 2.54. The van der Waals surface area contributed by atoms with E-state index in [2.05, 4.69) is 5.32 Å². The molecule has 0 aliphatic heterocycles. The second-order valence-electron chi connectivity index (χ2n) is 6.15. The third-order valence-electron chi connectivity index (χ3n) is 3.91. The van der Waals surface area contributed by atoms with Crippen molar-refractivity contribution in [1.82, 2.24) is 0 Å². The summed E-state index contributed by atoms with van der Waals surface area (Å²) < 4.78 is 14.8. The molecule has 0 aliphatic carbocycles. The highest BCUT2D eigenvalue weighted by molar-refractivity contribution is 7.18. The van der Waals surface area contributed by atoms with E-state index < -0.39 is 30.4 Å². The quantitative estimate of drug-likeness (QED) is 0.324. The lowest BCUT2D eigenvalue weighted by Gasteiger charge is -2.08. The molecule has 0 atom stereocenters. The van der Waals surface area contributed by atoms with E-state index in [0.29, 0.717) is 0 Å². The zero-order chi connectivity index (χ0) is 22.8. The lowest BCUT2D eigenvalue weighted by molar-refractivity contribution is -0.142. The minimum atomic E-state index is -0.744. The van der Waals surface area contributed by atoms with Crippen LogP contribution in [0.1, 0.15) is 31.2 Å². The Kier molecular flexibility index (Phi) is 8.92. The predicted molar refractivity (Wildman–Crippen MR) is 115 cm³/mol. The standard InChI is InChI=1S/C21H22N2O7S/c1-13-17(21(27)29-11-10-28-2)20(31-18(13)19(22)26)23-15(24)12-30-16(25)9-8-14-6-4-3-5-7-14/h3-9H,10-12H2,1-2H3,(H2,22,26)(H,23,24)/b9-8+. The highest BCUT2D eigenvalue weighted by Crippen LogP contribution is 2.33. The molecule has 2 rings (SSSR count). The van der Waals surface area contributed by atoms with Crippen molar-refractivity contribution in [1.29, 1.82) is 0 Å². The van der Waals surface area contributed by atoms with Gasteiger partial charge >= 0.3 is 11.9 Å². The van der Waals surface area contributed by atoms with Crippen LogP contribution in [-0.4, -0.2) is 50.7 Å². The Morgan fingerprint density at radius 1 is 1.10 bits per heavy atom. The maximum Gasteiger partial charge on any atom is 0.341 e. The molecule has 1 aromatic heterocycles. The van der Waals surface area contributed by atoms with E-state index in [1.165, 1.54) is 20.1 Å². The number of thiophene rings is 1. The number of nitrogens with one attached hydrogen (secondary N) is 1. The van der Waals surface area contributed by atoms with Crippen molar-refractivity contribution >= 4 is 46.2 Å². The molecule has 31 heavy (non-hydrogen) atoms. The molecule has 1 aromatic carbocycles. The van der Waals surface area contributed by atoms with Gasteiger partial charge in [0.05, 0.1) is 17.0 Å². The van der Waals surface area contributed by atoms with E-state index in [4.69, 9.17) is 19.9 Å². The smallest absolute Gasteiger partial charge is 0.341 e. The molecule has 0 fully saturated rings. The summed E-state index contributed by atoms with van der Waals surface area (Å²) in [7, 11) is 1.46. The summed E-state index contributed by atoms with van der Waals surface area (Å²) in [6.45, 7) is 1.12. The number of esters is 2. The van der Waals surface area contributed by atoms with E-state index in [1.807, 2.05) is 18.2 Å². The van der Waals surface area contributed by atoms with Gasteiger partial charge in [-0.1, -0.05) is 30.3 Å². The monoisotopic (exact) mass is 446 g/mol. The molecule has 164 valence electrons. The van der Waals surface area contributed by atoms with Crippen molar-refractivity contribution in [3.63, 3.8) is 0 Å². The number of nitrogens with two attached hydrogens (primary N) is 1. The van der Waals surface area contributed by atoms with Gasteiger partial charge in [0, 0.05) is 13.2 Å². The van der Waals surface area contributed by atoms with Gasteiger partial charge in [-0.15, -0.1) is 11.3 Å². The fraction of sp³-hybridized carbons (Fsp3) is 0.238. The molecule has 3 N–H and O–H groups in total. The summed E-state index contributed by atoms with van der Waals surface area (Å²) in [6.07, 6.45) is 2.75. The number of ether oxygens (including phenoxy) is 3. The summed E-state index contributed by atoms with van der Waals surface area (Å²) in [5.41, 5.74) is 6.44. The molecule has 1 heterocycles. The highest BCUT2D eigenvalue weighted by Gasteiger charge is 2.26. The molecular formula is C21H22N2O7S. The summed E-state index contributed by atoms with van der Waals surface area (Å²) >= 11 is 0.839. The van der Waals surface area contributed by atoms with Crippen LogP contribution in [0.5, 0.6) is 0 Å². The molecule has 0 saturated heterocycles. The summed E-state index contributed by atoms with van der Waals surface area (Å²) in [6, 6.07) is 9.09. The Morgan fingerprint density at radius 3 is 2.45 bits per heavy atom.